The summed E-state index contributed by atoms with van der Waals surface area (Å²) in [6, 6.07) is 0. The van der Waals surface area contributed by atoms with Crippen LogP contribution in [0.2, 0.25) is 0 Å². The molecule has 2 aliphatic rings. The number of halogens is 3. The van der Waals surface area contributed by atoms with Gasteiger partial charge in [0, 0.05) is 32.3 Å². The van der Waals surface area contributed by atoms with Crippen LogP contribution < -0.4 is 0 Å². The van der Waals surface area contributed by atoms with Crippen LogP contribution in [-0.2, 0) is 29.2 Å². The number of likely N-dealkylation sites (tertiary alicyclic amines) is 1. The van der Waals surface area contributed by atoms with Gasteiger partial charge in [0.15, 0.2) is 0 Å². The van der Waals surface area contributed by atoms with E-state index in [1.165, 1.54) is 32.4 Å². The Hall–Kier alpha value is -2.10. The van der Waals surface area contributed by atoms with Crippen molar-refractivity contribution in [1.82, 2.24) is 19.4 Å². The van der Waals surface area contributed by atoms with Gasteiger partial charge in [0.05, 0.1) is 12.2 Å². The van der Waals surface area contributed by atoms with Crippen LogP contribution in [0.25, 0.3) is 0 Å². The fourth-order valence-electron chi connectivity index (χ4n) is 3.17. The number of alkyl halides is 3. The summed E-state index contributed by atoms with van der Waals surface area (Å²) >= 11 is 0. The van der Waals surface area contributed by atoms with Crippen LogP contribution in [0, 0.1) is 0 Å². The predicted octanol–water partition coefficient (Wildman–Crippen LogP) is 2.25. The Balaban J connectivity index is 0.000000321. The molecule has 27 heavy (non-hydrogen) atoms. The number of hydrogen-bond acceptors (Lipinski definition) is 4. The average Bonchev–Trinajstić information content (AvgIpc) is 3.02. The van der Waals surface area contributed by atoms with Gasteiger partial charge in [-0.2, -0.15) is 13.2 Å². The van der Waals surface area contributed by atoms with E-state index in [0.29, 0.717) is 13.0 Å². The molecule has 2 aliphatic heterocycles. The van der Waals surface area contributed by atoms with E-state index in [1.54, 1.807) is 0 Å². The van der Waals surface area contributed by atoms with Crippen LogP contribution in [0.15, 0.2) is 6.20 Å². The van der Waals surface area contributed by atoms with Gasteiger partial charge in [-0.05, 0) is 25.9 Å². The van der Waals surface area contributed by atoms with E-state index in [9.17, 15) is 18.0 Å². The molecule has 10 heteroatoms. The number of amides is 1. The highest BCUT2D eigenvalue weighted by molar-refractivity contribution is 5.75. The number of carboxylic acid groups (broad SMARTS) is 1. The first-order valence-corrected chi connectivity index (χ1v) is 9.06. The summed E-state index contributed by atoms with van der Waals surface area (Å²) in [7, 11) is 0. The Kier molecular flexibility index (Phi) is 7.23. The largest absolute Gasteiger partial charge is 0.490 e. The molecule has 7 nitrogen and oxygen atoms in total. The second kappa shape index (κ2) is 9.20. The lowest BCUT2D eigenvalue weighted by atomic mass is 10.1. The molecule has 0 radical (unpaired) electrons. The van der Waals surface area contributed by atoms with Crippen LogP contribution in [0.3, 0.4) is 0 Å². The van der Waals surface area contributed by atoms with Crippen molar-refractivity contribution in [2.45, 2.75) is 58.4 Å². The lowest BCUT2D eigenvalue weighted by Gasteiger charge is -2.27. The van der Waals surface area contributed by atoms with Crippen LogP contribution in [0.1, 0.15) is 44.1 Å². The van der Waals surface area contributed by atoms with E-state index >= 15 is 0 Å². The van der Waals surface area contributed by atoms with E-state index in [0.717, 1.165) is 31.2 Å². The van der Waals surface area contributed by atoms with E-state index in [4.69, 9.17) is 14.9 Å². The second-order valence-electron chi connectivity index (χ2n) is 6.65. The lowest BCUT2D eigenvalue weighted by molar-refractivity contribution is -0.192. The summed E-state index contributed by atoms with van der Waals surface area (Å²) in [6.45, 7) is 7.65. The summed E-state index contributed by atoms with van der Waals surface area (Å²) in [5.41, 5.74) is 1.16. The average molecular weight is 390 g/mol. The number of imidazole rings is 1. The number of aliphatic carboxylic acids is 1. The summed E-state index contributed by atoms with van der Waals surface area (Å²) in [6.07, 6.45) is 1.67. The Morgan fingerprint density at radius 2 is 1.78 bits per heavy atom. The van der Waals surface area contributed by atoms with Gasteiger partial charge in [0.1, 0.15) is 5.82 Å². The molecule has 1 amide bonds. The molecule has 3 heterocycles. The molecule has 0 aliphatic carbocycles. The molecule has 1 fully saturated rings. The first kappa shape index (κ1) is 21.2. The Bertz CT molecular complexity index is 654. The molecule has 152 valence electrons. The highest BCUT2D eigenvalue weighted by Crippen LogP contribution is 2.17. The number of nitrogens with zero attached hydrogens (tertiary/aromatic N) is 4. The standard InChI is InChI=1S/C15H24N4O.C2HF3O2/c1-2-15(20)19-9-8-18-11-13(16-14(18)12-19)10-17-6-4-3-5-7-17;3-2(4,5)1(6)7/h11H,2-10,12H2,1H3;(H,6,7). The number of piperidine rings is 1. The maximum absolute atomic E-state index is 11.8. The van der Waals surface area contributed by atoms with Gasteiger partial charge in [-0.1, -0.05) is 13.3 Å². The quantitative estimate of drug-likeness (QED) is 0.857. The number of carboxylic acids is 1. The highest BCUT2D eigenvalue weighted by atomic mass is 19.4. The third kappa shape index (κ3) is 6.23. The Labute approximate surface area is 155 Å². The van der Waals surface area contributed by atoms with Crippen molar-refractivity contribution >= 4 is 11.9 Å². The fourth-order valence-corrected chi connectivity index (χ4v) is 3.17. The number of aromatic nitrogens is 2. The van der Waals surface area contributed by atoms with Crippen molar-refractivity contribution in [1.29, 1.82) is 0 Å². The first-order chi connectivity index (χ1) is 12.7. The van der Waals surface area contributed by atoms with Crippen LogP contribution in [-0.4, -0.2) is 62.1 Å². The van der Waals surface area contributed by atoms with Crippen molar-refractivity contribution in [3.8, 4) is 0 Å². The molecular weight excluding hydrogens is 365 g/mol. The molecule has 3 rings (SSSR count). The smallest absolute Gasteiger partial charge is 0.475 e. The number of fused-ring (bicyclic) bond motifs is 1. The predicted molar refractivity (Wildman–Crippen MR) is 90.8 cm³/mol. The molecule has 0 atom stereocenters. The van der Waals surface area contributed by atoms with Gasteiger partial charge in [-0.25, -0.2) is 9.78 Å². The molecule has 0 aromatic carbocycles. The number of rotatable bonds is 3. The fraction of sp³-hybridized carbons (Fsp3) is 0.706. The summed E-state index contributed by atoms with van der Waals surface area (Å²) in [5, 5.41) is 7.12. The molecule has 1 saturated heterocycles. The maximum atomic E-state index is 11.8. The van der Waals surface area contributed by atoms with Gasteiger partial charge >= 0.3 is 12.1 Å². The zero-order valence-electron chi connectivity index (χ0n) is 15.3. The van der Waals surface area contributed by atoms with Crippen molar-refractivity contribution < 1.29 is 27.9 Å². The third-order valence-corrected chi connectivity index (χ3v) is 4.58. The monoisotopic (exact) mass is 390 g/mol. The zero-order valence-corrected chi connectivity index (χ0v) is 15.3. The summed E-state index contributed by atoms with van der Waals surface area (Å²) in [4.78, 5) is 29.8. The number of hydrogen-bond donors (Lipinski definition) is 1. The molecule has 1 N–H and O–H groups in total. The summed E-state index contributed by atoms with van der Waals surface area (Å²) in [5.74, 6) is -1.48. The lowest BCUT2D eigenvalue weighted by Crippen LogP contribution is -2.37. The highest BCUT2D eigenvalue weighted by Gasteiger charge is 2.38. The van der Waals surface area contributed by atoms with E-state index < -0.39 is 12.1 Å². The topological polar surface area (TPSA) is 78.7 Å². The van der Waals surface area contributed by atoms with Crippen molar-refractivity contribution in [2.24, 2.45) is 0 Å². The van der Waals surface area contributed by atoms with Gasteiger partial charge in [-0.15, -0.1) is 0 Å². The molecule has 0 bridgehead atoms. The molecule has 1 aromatic heterocycles. The minimum atomic E-state index is -5.08. The minimum Gasteiger partial charge on any atom is -0.475 e. The molecule has 0 spiro atoms. The van der Waals surface area contributed by atoms with E-state index in [2.05, 4.69) is 15.7 Å². The Morgan fingerprint density at radius 1 is 1.15 bits per heavy atom. The molecule has 0 unspecified atom stereocenters. The SMILES string of the molecule is CCC(=O)N1CCn2cc(CN3CCCCC3)nc2C1.O=C(O)C(F)(F)F. The number of carbonyl (C=O) groups is 2. The third-order valence-electron chi connectivity index (χ3n) is 4.58. The van der Waals surface area contributed by atoms with Crippen LogP contribution in [0.4, 0.5) is 13.2 Å². The van der Waals surface area contributed by atoms with E-state index in [1.807, 2.05) is 11.8 Å². The number of carbonyl (C=O) groups excluding carboxylic acids is 1. The normalized spacial score (nSPS) is 17.7. The van der Waals surface area contributed by atoms with Gasteiger partial charge in [0.25, 0.3) is 0 Å². The molecule has 0 saturated carbocycles. The van der Waals surface area contributed by atoms with Gasteiger partial charge < -0.3 is 14.6 Å². The van der Waals surface area contributed by atoms with Crippen molar-refractivity contribution in [3.05, 3.63) is 17.7 Å². The zero-order chi connectivity index (χ0) is 20.0. The van der Waals surface area contributed by atoms with Crippen molar-refractivity contribution in [2.75, 3.05) is 19.6 Å². The minimum absolute atomic E-state index is 0.233. The van der Waals surface area contributed by atoms with Gasteiger partial charge in [0.2, 0.25) is 5.91 Å². The maximum Gasteiger partial charge on any atom is 0.490 e. The molecular formula is C17H25F3N4O3. The van der Waals surface area contributed by atoms with Gasteiger partial charge in [-0.3, -0.25) is 9.69 Å². The first-order valence-electron chi connectivity index (χ1n) is 9.06. The molecule has 1 aromatic rings. The van der Waals surface area contributed by atoms with Crippen LogP contribution >= 0.6 is 0 Å². The Morgan fingerprint density at radius 3 is 2.33 bits per heavy atom. The van der Waals surface area contributed by atoms with E-state index in [-0.39, 0.29) is 5.91 Å². The van der Waals surface area contributed by atoms with Crippen molar-refractivity contribution in [3.63, 3.8) is 0 Å². The van der Waals surface area contributed by atoms with Crippen LogP contribution in [0.5, 0.6) is 0 Å². The second-order valence-corrected chi connectivity index (χ2v) is 6.65. The summed E-state index contributed by atoms with van der Waals surface area (Å²) < 4.78 is 34.0.